The molecule has 5 nitrogen and oxygen atoms in total. The van der Waals surface area contributed by atoms with Crippen molar-refractivity contribution in [1.82, 2.24) is 0 Å². The Labute approximate surface area is 106 Å². The summed E-state index contributed by atoms with van der Waals surface area (Å²) in [5.41, 5.74) is 0. The van der Waals surface area contributed by atoms with Crippen LogP contribution >= 0.6 is 15.9 Å². The monoisotopic (exact) mass is 338 g/mol. The van der Waals surface area contributed by atoms with Gasteiger partial charge in [-0.3, -0.25) is 4.55 Å². The van der Waals surface area contributed by atoms with Gasteiger partial charge in [-0.2, -0.15) is 17.2 Å². The second-order valence-corrected chi connectivity index (χ2v) is 6.43. The number of rotatable bonds is 7. The standard InChI is InChI=1S/C8H13BrF2O5S/c1-6(9)4-2-3-5-16-7(12)8(10,11)17(13,14)15/h6H,2-5H2,1H3,(H,13,14,15). The summed E-state index contributed by atoms with van der Waals surface area (Å²) in [5.74, 6) is -2.26. The van der Waals surface area contributed by atoms with Crippen molar-refractivity contribution in [1.29, 1.82) is 0 Å². The second-order valence-electron chi connectivity index (χ2n) is 3.40. The van der Waals surface area contributed by atoms with E-state index in [1.54, 1.807) is 0 Å². The average molecular weight is 339 g/mol. The van der Waals surface area contributed by atoms with Gasteiger partial charge in [-0.1, -0.05) is 22.9 Å². The maximum atomic E-state index is 12.6. The third-order valence-corrected chi connectivity index (χ3v) is 3.06. The number of carbonyl (C=O) groups excluding carboxylic acids is 1. The van der Waals surface area contributed by atoms with Crippen LogP contribution in [0.1, 0.15) is 26.2 Å². The SMILES string of the molecule is CC(Br)CCCCOC(=O)C(F)(F)S(=O)(=O)O. The Morgan fingerprint density at radius 3 is 2.41 bits per heavy atom. The van der Waals surface area contributed by atoms with E-state index in [-0.39, 0.29) is 11.4 Å². The van der Waals surface area contributed by atoms with Gasteiger partial charge in [-0.25, -0.2) is 4.79 Å². The van der Waals surface area contributed by atoms with Gasteiger partial charge in [-0.05, 0) is 19.3 Å². The molecule has 0 aromatic rings. The Kier molecular flexibility index (Phi) is 6.49. The Morgan fingerprint density at radius 1 is 1.47 bits per heavy atom. The lowest BCUT2D eigenvalue weighted by molar-refractivity contribution is -0.161. The molecule has 0 spiro atoms. The lowest BCUT2D eigenvalue weighted by atomic mass is 10.2. The van der Waals surface area contributed by atoms with E-state index in [0.29, 0.717) is 12.8 Å². The largest absolute Gasteiger partial charge is 0.465 e. The molecule has 0 bridgehead atoms. The third-order valence-electron chi connectivity index (χ3n) is 1.79. The van der Waals surface area contributed by atoms with Crippen molar-refractivity contribution in [2.75, 3.05) is 6.61 Å². The number of unbranched alkanes of at least 4 members (excludes halogenated alkanes) is 1. The molecule has 0 rings (SSSR count). The van der Waals surface area contributed by atoms with E-state index in [9.17, 15) is 22.0 Å². The molecule has 17 heavy (non-hydrogen) atoms. The van der Waals surface area contributed by atoms with Gasteiger partial charge in [0.1, 0.15) is 0 Å². The van der Waals surface area contributed by atoms with Crippen molar-refractivity contribution in [2.24, 2.45) is 0 Å². The van der Waals surface area contributed by atoms with Gasteiger partial charge in [0.25, 0.3) is 0 Å². The molecule has 0 aromatic carbocycles. The summed E-state index contributed by atoms with van der Waals surface area (Å²) >= 11 is 3.27. The zero-order valence-electron chi connectivity index (χ0n) is 9.03. The van der Waals surface area contributed by atoms with E-state index in [2.05, 4.69) is 20.7 Å². The first kappa shape index (κ1) is 16.7. The van der Waals surface area contributed by atoms with Gasteiger partial charge in [0.05, 0.1) is 6.61 Å². The third kappa shape index (κ3) is 5.73. The summed E-state index contributed by atoms with van der Waals surface area (Å²) in [5, 5.41) is -4.91. The topological polar surface area (TPSA) is 80.7 Å². The van der Waals surface area contributed by atoms with E-state index < -0.39 is 21.3 Å². The Morgan fingerprint density at radius 2 is 2.00 bits per heavy atom. The lowest BCUT2D eigenvalue weighted by Crippen LogP contribution is -2.39. The number of carbonyl (C=O) groups is 1. The molecule has 1 N–H and O–H groups in total. The molecule has 0 saturated heterocycles. The number of esters is 1. The van der Waals surface area contributed by atoms with E-state index in [4.69, 9.17) is 4.55 Å². The molecule has 102 valence electrons. The normalized spacial score (nSPS) is 14.4. The number of ether oxygens (including phenoxy) is 1. The highest BCUT2D eigenvalue weighted by molar-refractivity contribution is 9.09. The van der Waals surface area contributed by atoms with E-state index in [1.807, 2.05) is 6.92 Å². The van der Waals surface area contributed by atoms with Crippen molar-refractivity contribution in [3.8, 4) is 0 Å². The fraction of sp³-hybridized carbons (Fsp3) is 0.875. The fourth-order valence-electron chi connectivity index (χ4n) is 0.882. The maximum absolute atomic E-state index is 12.6. The highest BCUT2D eigenvalue weighted by Crippen LogP contribution is 2.22. The fourth-order valence-corrected chi connectivity index (χ4v) is 1.48. The smallest absolute Gasteiger partial charge is 0.460 e. The minimum absolute atomic E-state index is 0.262. The average Bonchev–Trinajstić information content (AvgIpc) is 2.14. The highest BCUT2D eigenvalue weighted by Gasteiger charge is 2.54. The molecule has 0 heterocycles. The summed E-state index contributed by atoms with van der Waals surface area (Å²) in [6.07, 6.45) is 1.74. The second kappa shape index (κ2) is 6.60. The summed E-state index contributed by atoms with van der Waals surface area (Å²) in [6, 6.07) is 0. The predicted molar refractivity (Wildman–Crippen MR) is 59.7 cm³/mol. The van der Waals surface area contributed by atoms with Crippen molar-refractivity contribution >= 4 is 32.0 Å². The lowest BCUT2D eigenvalue weighted by Gasteiger charge is -2.11. The summed E-state index contributed by atoms with van der Waals surface area (Å²) in [4.78, 5) is 10.9. The Balaban J connectivity index is 4.04. The quantitative estimate of drug-likeness (QED) is 0.332. The van der Waals surface area contributed by atoms with Crippen LogP contribution in [0.4, 0.5) is 8.78 Å². The predicted octanol–water partition coefficient (Wildman–Crippen LogP) is 1.96. The Bertz CT molecular complexity index is 355. The van der Waals surface area contributed by atoms with E-state index in [1.165, 1.54) is 0 Å². The zero-order valence-corrected chi connectivity index (χ0v) is 11.4. The first-order valence-electron chi connectivity index (χ1n) is 4.75. The molecule has 0 aromatic heterocycles. The van der Waals surface area contributed by atoms with Gasteiger partial charge in [0, 0.05) is 4.83 Å². The van der Waals surface area contributed by atoms with E-state index >= 15 is 0 Å². The van der Waals surface area contributed by atoms with Gasteiger partial charge in [0.2, 0.25) is 0 Å². The van der Waals surface area contributed by atoms with Gasteiger partial charge in [0.15, 0.2) is 0 Å². The molecule has 0 aliphatic heterocycles. The zero-order chi connectivity index (χ0) is 13.7. The van der Waals surface area contributed by atoms with Gasteiger partial charge >= 0.3 is 21.3 Å². The minimum atomic E-state index is -5.77. The molecule has 1 atom stereocenters. The molecule has 9 heteroatoms. The van der Waals surface area contributed by atoms with Crippen molar-refractivity contribution in [2.45, 2.75) is 36.3 Å². The summed E-state index contributed by atoms with van der Waals surface area (Å²) < 4.78 is 57.8. The molecule has 0 fully saturated rings. The van der Waals surface area contributed by atoms with Crippen molar-refractivity contribution in [3.05, 3.63) is 0 Å². The number of hydrogen-bond acceptors (Lipinski definition) is 4. The van der Waals surface area contributed by atoms with Crippen LogP contribution in [0.25, 0.3) is 0 Å². The minimum Gasteiger partial charge on any atom is -0.460 e. The van der Waals surface area contributed by atoms with Crippen LogP contribution in [-0.4, -0.2) is 35.6 Å². The molecule has 0 aliphatic rings. The highest BCUT2D eigenvalue weighted by atomic mass is 79.9. The van der Waals surface area contributed by atoms with Crippen LogP contribution < -0.4 is 0 Å². The first-order chi connectivity index (χ1) is 7.59. The van der Waals surface area contributed by atoms with Crippen LogP contribution in [0.3, 0.4) is 0 Å². The summed E-state index contributed by atoms with van der Waals surface area (Å²) in [6.45, 7) is 1.59. The van der Waals surface area contributed by atoms with Crippen molar-refractivity contribution in [3.63, 3.8) is 0 Å². The van der Waals surface area contributed by atoms with Gasteiger partial charge < -0.3 is 4.74 Å². The molecule has 0 aliphatic carbocycles. The van der Waals surface area contributed by atoms with Gasteiger partial charge in [-0.15, -0.1) is 0 Å². The number of alkyl halides is 3. The molecule has 0 saturated carbocycles. The molecular weight excluding hydrogens is 326 g/mol. The molecule has 0 radical (unpaired) electrons. The van der Waals surface area contributed by atoms with Crippen LogP contribution in [0, 0.1) is 0 Å². The number of hydrogen-bond donors (Lipinski definition) is 1. The van der Waals surface area contributed by atoms with Crippen LogP contribution in [0.15, 0.2) is 0 Å². The van der Waals surface area contributed by atoms with Crippen LogP contribution in [-0.2, 0) is 19.6 Å². The maximum Gasteiger partial charge on any atom is 0.465 e. The van der Waals surface area contributed by atoms with E-state index in [0.717, 1.165) is 6.42 Å². The number of halogens is 3. The summed E-state index contributed by atoms with van der Waals surface area (Å²) in [7, 11) is -5.77. The van der Waals surface area contributed by atoms with Crippen LogP contribution in [0.2, 0.25) is 0 Å². The molecule has 1 unspecified atom stereocenters. The molecule has 0 amide bonds. The van der Waals surface area contributed by atoms with Crippen molar-refractivity contribution < 1.29 is 31.3 Å². The van der Waals surface area contributed by atoms with Crippen LogP contribution in [0.5, 0.6) is 0 Å². The first-order valence-corrected chi connectivity index (χ1v) is 7.10. The Hall–Kier alpha value is -0.280. The molecular formula is C8H13BrF2O5S.